The van der Waals surface area contributed by atoms with Crippen LogP contribution in [0.15, 0.2) is 0 Å². The van der Waals surface area contributed by atoms with Crippen LogP contribution in [-0.4, -0.2) is 7.38 Å². The van der Waals surface area contributed by atoms with Gasteiger partial charge >= 0.3 is 0 Å². The third-order valence-corrected chi connectivity index (χ3v) is 14.0. The van der Waals surface area contributed by atoms with E-state index in [1.165, 1.54) is 115 Å². The summed E-state index contributed by atoms with van der Waals surface area (Å²) in [6.45, 7) is 11.8. The molecule has 0 spiro atoms. The number of halogens is 1. The Balaban J connectivity index is 3.91. The first-order chi connectivity index (χ1) is 12.4. The van der Waals surface area contributed by atoms with Crippen LogP contribution in [0.5, 0.6) is 0 Å². The maximum absolute atomic E-state index is 7.32. The summed E-state index contributed by atoms with van der Waals surface area (Å²) in [5, 5.41) is 0.344. The Labute approximate surface area is 173 Å². The summed E-state index contributed by atoms with van der Waals surface area (Å²) in [5.41, 5.74) is 0. The minimum Gasteiger partial charge on any atom is -0.166 e. The van der Waals surface area contributed by atoms with Crippen molar-refractivity contribution in [2.24, 2.45) is 0 Å². The molecule has 0 fully saturated rings. The van der Waals surface area contributed by atoms with E-state index in [9.17, 15) is 0 Å². The van der Waals surface area contributed by atoms with E-state index in [1.807, 2.05) is 0 Å². The second-order valence-electron chi connectivity index (χ2n) is 9.67. The Kier molecular flexibility index (Phi) is 16.8. The molecular formula is C24H51ClSi. The lowest BCUT2D eigenvalue weighted by molar-refractivity contribution is 0.575. The van der Waals surface area contributed by atoms with Crippen LogP contribution in [0.25, 0.3) is 0 Å². The summed E-state index contributed by atoms with van der Waals surface area (Å²) in [6.07, 6.45) is 22.6. The SMILES string of the molecule is CCCCCCCCCC[Si](Cl)(CCCCCCCCCC)C(C)(C)C. The predicted molar refractivity (Wildman–Crippen MR) is 126 cm³/mol. The lowest BCUT2D eigenvalue weighted by Gasteiger charge is -2.38. The summed E-state index contributed by atoms with van der Waals surface area (Å²) in [5.74, 6) is 0. The van der Waals surface area contributed by atoms with Crippen LogP contribution in [0.2, 0.25) is 17.1 Å². The van der Waals surface area contributed by atoms with Crippen LogP contribution >= 0.6 is 11.1 Å². The molecule has 0 nitrogen and oxygen atoms in total. The fraction of sp³-hybridized carbons (Fsp3) is 1.00. The van der Waals surface area contributed by atoms with Gasteiger partial charge in [-0.1, -0.05) is 137 Å². The van der Waals surface area contributed by atoms with Crippen molar-refractivity contribution in [2.75, 3.05) is 0 Å². The first kappa shape index (κ1) is 26.5. The predicted octanol–water partition coefficient (Wildman–Crippen LogP) is 10.3. The van der Waals surface area contributed by atoms with Crippen LogP contribution in [0.1, 0.15) is 137 Å². The van der Waals surface area contributed by atoms with Crippen molar-refractivity contribution in [1.29, 1.82) is 0 Å². The molecule has 0 saturated heterocycles. The second-order valence-corrected chi connectivity index (χ2v) is 16.3. The van der Waals surface area contributed by atoms with Gasteiger partial charge in [-0.25, -0.2) is 0 Å². The highest BCUT2D eigenvalue weighted by Crippen LogP contribution is 2.46. The van der Waals surface area contributed by atoms with Crippen molar-refractivity contribution < 1.29 is 0 Å². The molecule has 0 saturated carbocycles. The molecule has 0 aromatic heterocycles. The van der Waals surface area contributed by atoms with E-state index >= 15 is 0 Å². The third-order valence-electron chi connectivity index (χ3n) is 6.20. The minimum absolute atomic E-state index is 0.344. The summed E-state index contributed by atoms with van der Waals surface area (Å²) in [7, 11) is -1.64. The molecule has 0 radical (unpaired) electrons. The average molecular weight is 403 g/mol. The lowest BCUT2D eigenvalue weighted by atomic mass is 10.1. The van der Waals surface area contributed by atoms with E-state index < -0.39 is 7.38 Å². The maximum Gasteiger partial charge on any atom is 0.161 e. The minimum atomic E-state index is -1.64. The first-order valence-corrected chi connectivity index (χ1v) is 15.5. The molecule has 0 aliphatic carbocycles. The third kappa shape index (κ3) is 13.6. The molecule has 0 bridgehead atoms. The molecule has 0 unspecified atom stereocenters. The quantitative estimate of drug-likeness (QED) is 0.121. The molecule has 0 aromatic carbocycles. The van der Waals surface area contributed by atoms with E-state index in [2.05, 4.69) is 34.6 Å². The van der Waals surface area contributed by atoms with E-state index in [1.54, 1.807) is 0 Å². The van der Waals surface area contributed by atoms with Crippen LogP contribution in [0.4, 0.5) is 0 Å². The second kappa shape index (κ2) is 16.5. The Bertz CT molecular complexity index is 275. The van der Waals surface area contributed by atoms with E-state index in [0.717, 1.165) is 0 Å². The van der Waals surface area contributed by atoms with Crippen molar-refractivity contribution in [3.63, 3.8) is 0 Å². The van der Waals surface area contributed by atoms with Gasteiger partial charge in [0.05, 0.1) is 0 Å². The number of unbranched alkanes of at least 4 members (excludes halogenated alkanes) is 14. The molecule has 0 heterocycles. The zero-order chi connectivity index (χ0) is 19.7. The van der Waals surface area contributed by atoms with Gasteiger partial charge in [0.15, 0.2) is 7.38 Å². The van der Waals surface area contributed by atoms with Crippen molar-refractivity contribution in [3.05, 3.63) is 0 Å². The van der Waals surface area contributed by atoms with Gasteiger partial charge in [0.1, 0.15) is 0 Å². The van der Waals surface area contributed by atoms with Crippen LogP contribution in [0, 0.1) is 0 Å². The molecule has 26 heavy (non-hydrogen) atoms. The highest BCUT2D eigenvalue weighted by molar-refractivity contribution is 7.21. The van der Waals surface area contributed by atoms with Crippen molar-refractivity contribution in [3.8, 4) is 0 Å². The van der Waals surface area contributed by atoms with Gasteiger partial charge in [0.25, 0.3) is 0 Å². The molecule has 0 amide bonds. The normalized spacial score (nSPS) is 12.7. The molecule has 0 rings (SSSR count). The molecule has 158 valence electrons. The Hall–Kier alpha value is 0.507. The fourth-order valence-corrected chi connectivity index (χ4v) is 8.13. The lowest BCUT2D eigenvalue weighted by Crippen LogP contribution is -2.37. The summed E-state index contributed by atoms with van der Waals surface area (Å²) < 4.78 is 0. The molecule has 0 N–H and O–H groups in total. The average Bonchev–Trinajstić information content (AvgIpc) is 2.58. The highest BCUT2D eigenvalue weighted by atomic mass is 35.6. The zero-order valence-electron chi connectivity index (χ0n) is 19.1. The van der Waals surface area contributed by atoms with Gasteiger partial charge in [-0.15, -0.1) is 0 Å². The van der Waals surface area contributed by atoms with Gasteiger partial charge in [-0.3, -0.25) is 0 Å². The van der Waals surface area contributed by atoms with Gasteiger partial charge in [0.2, 0.25) is 0 Å². The van der Waals surface area contributed by atoms with Crippen molar-refractivity contribution in [1.82, 2.24) is 0 Å². The summed E-state index contributed by atoms with van der Waals surface area (Å²) in [6, 6.07) is 2.67. The zero-order valence-corrected chi connectivity index (χ0v) is 20.9. The van der Waals surface area contributed by atoms with E-state index in [-0.39, 0.29) is 0 Å². The van der Waals surface area contributed by atoms with Crippen LogP contribution in [0.3, 0.4) is 0 Å². The smallest absolute Gasteiger partial charge is 0.161 e. The van der Waals surface area contributed by atoms with Gasteiger partial charge in [-0.05, 0) is 17.1 Å². The van der Waals surface area contributed by atoms with Gasteiger partial charge in [-0.2, -0.15) is 11.1 Å². The summed E-state index contributed by atoms with van der Waals surface area (Å²) >= 11 is 7.32. The number of rotatable bonds is 18. The van der Waals surface area contributed by atoms with Crippen LogP contribution in [-0.2, 0) is 0 Å². The Morgan fingerprint density at radius 1 is 0.500 bits per heavy atom. The van der Waals surface area contributed by atoms with Crippen molar-refractivity contribution >= 4 is 18.5 Å². The topological polar surface area (TPSA) is 0 Å². The molecule has 0 aliphatic heterocycles. The summed E-state index contributed by atoms with van der Waals surface area (Å²) in [4.78, 5) is 0. The van der Waals surface area contributed by atoms with E-state index in [0.29, 0.717) is 5.04 Å². The number of hydrogen-bond acceptors (Lipinski definition) is 0. The Morgan fingerprint density at radius 2 is 0.769 bits per heavy atom. The molecule has 2 heteroatoms. The monoisotopic (exact) mass is 402 g/mol. The molecule has 0 atom stereocenters. The molecular weight excluding hydrogens is 352 g/mol. The largest absolute Gasteiger partial charge is 0.166 e. The van der Waals surface area contributed by atoms with Gasteiger partial charge < -0.3 is 0 Å². The van der Waals surface area contributed by atoms with Gasteiger partial charge in [0, 0.05) is 0 Å². The standard InChI is InChI=1S/C24H51ClSi/c1-6-8-10-12-14-16-18-20-22-26(25,24(3,4)5)23-21-19-17-15-13-11-9-7-2/h6-23H2,1-5H3. The highest BCUT2D eigenvalue weighted by Gasteiger charge is 2.41. The first-order valence-electron chi connectivity index (χ1n) is 12.1. The number of hydrogen-bond donors (Lipinski definition) is 0. The fourth-order valence-electron chi connectivity index (χ4n) is 3.95. The van der Waals surface area contributed by atoms with Crippen molar-refractivity contribution in [2.45, 2.75) is 154 Å². The molecule has 0 aromatic rings. The Morgan fingerprint density at radius 3 is 1.04 bits per heavy atom. The maximum atomic E-state index is 7.32. The van der Waals surface area contributed by atoms with E-state index in [4.69, 9.17) is 11.1 Å². The molecule has 0 aliphatic rings. The van der Waals surface area contributed by atoms with Crippen LogP contribution < -0.4 is 0 Å².